The molecule has 0 saturated heterocycles. The number of fused-ring (bicyclic) bond motifs is 5. The van der Waals surface area contributed by atoms with Gasteiger partial charge in [0.25, 0.3) is 0 Å². The maximum absolute atomic E-state index is 5.39. The van der Waals surface area contributed by atoms with Gasteiger partial charge >= 0.3 is 0 Å². The van der Waals surface area contributed by atoms with E-state index < -0.39 is 0 Å². The van der Waals surface area contributed by atoms with E-state index in [1.54, 1.807) is 4.80 Å². The average molecular weight is 777 g/mol. The summed E-state index contributed by atoms with van der Waals surface area (Å²) >= 11 is 0. The summed E-state index contributed by atoms with van der Waals surface area (Å²) in [6.45, 7) is 0. The molecule has 0 aliphatic heterocycles. The van der Waals surface area contributed by atoms with E-state index >= 15 is 0 Å². The molecule has 0 unspecified atom stereocenters. The van der Waals surface area contributed by atoms with E-state index in [-0.39, 0.29) is 0 Å². The average Bonchev–Trinajstić information content (AvgIpc) is 3.78. The Bertz CT molecular complexity index is 3520. The molecule has 61 heavy (non-hydrogen) atoms. The molecule has 0 radical (unpaired) electrons. The highest BCUT2D eigenvalue weighted by Gasteiger charge is 2.23. The van der Waals surface area contributed by atoms with E-state index in [1.165, 1.54) is 70.9 Å². The van der Waals surface area contributed by atoms with Crippen LogP contribution in [0.2, 0.25) is 0 Å². The van der Waals surface area contributed by atoms with Crippen LogP contribution in [0, 0.1) is 0 Å². The highest BCUT2D eigenvalue weighted by Crippen LogP contribution is 2.48. The molecule has 0 aliphatic rings. The normalized spacial score (nSPS) is 11.6. The van der Waals surface area contributed by atoms with Gasteiger partial charge in [0.1, 0.15) is 11.0 Å². The summed E-state index contributed by atoms with van der Waals surface area (Å²) in [6, 6.07) is 74.0. The number of hydrogen-bond acceptors (Lipinski definition) is 3. The van der Waals surface area contributed by atoms with Crippen molar-refractivity contribution < 1.29 is 0 Å². The molecule has 4 nitrogen and oxygen atoms in total. The largest absolute Gasteiger partial charge is 0.265 e. The molecule has 12 aromatic rings. The Kier molecular flexibility index (Phi) is 8.13. The molecule has 0 fully saturated rings. The third-order valence-electron chi connectivity index (χ3n) is 12.1. The van der Waals surface area contributed by atoms with Crippen LogP contribution in [0.25, 0.3) is 115 Å². The predicted molar refractivity (Wildman–Crippen MR) is 254 cm³/mol. The Hall–Kier alpha value is -8.21. The number of nitrogens with zero attached hydrogens (tertiary/aromatic N) is 4. The number of hydrogen-bond donors (Lipinski definition) is 0. The minimum atomic E-state index is 0.822. The molecular formula is C57H36N4. The minimum Gasteiger partial charge on any atom is -0.265 e. The lowest BCUT2D eigenvalue weighted by atomic mass is 9.83. The van der Waals surface area contributed by atoms with Crippen LogP contribution in [0.5, 0.6) is 0 Å². The zero-order valence-corrected chi connectivity index (χ0v) is 33.1. The van der Waals surface area contributed by atoms with Crippen molar-refractivity contribution in [2.75, 3.05) is 0 Å². The van der Waals surface area contributed by atoms with Crippen molar-refractivity contribution in [2.24, 2.45) is 0 Å². The Morgan fingerprint density at radius 1 is 0.295 bits per heavy atom. The monoisotopic (exact) mass is 776 g/mol. The fourth-order valence-electron chi connectivity index (χ4n) is 9.51. The van der Waals surface area contributed by atoms with Gasteiger partial charge in [-0.05, 0) is 130 Å². The lowest BCUT2D eigenvalue weighted by Crippen LogP contribution is -1.98. The first-order chi connectivity index (χ1) is 30.3. The van der Waals surface area contributed by atoms with Gasteiger partial charge in [-0.1, -0.05) is 170 Å². The first-order valence-corrected chi connectivity index (χ1v) is 20.7. The number of aromatic nitrogens is 4. The van der Waals surface area contributed by atoms with Crippen LogP contribution in [0.3, 0.4) is 0 Å². The lowest BCUT2D eigenvalue weighted by molar-refractivity contribution is 0.766. The van der Waals surface area contributed by atoms with Gasteiger partial charge in [-0.3, -0.25) is 4.98 Å². The topological polar surface area (TPSA) is 43.6 Å². The van der Waals surface area contributed by atoms with Gasteiger partial charge in [-0.25, -0.2) is 0 Å². The molecule has 10 aromatic carbocycles. The Morgan fingerprint density at radius 2 is 0.721 bits per heavy atom. The van der Waals surface area contributed by atoms with Gasteiger partial charge in [-0.15, -0.1) is 10.2 Å². The maximum Gasteiger partial charge on any atom is 0.121 e. The van der Waals surface area contributed by atoms with Crippen molar-refractivity contribution in [1.29, 1.82) is 0 Å². The fourth-order valence-corrected chi connectivity index (χ4v) is 9.51. The Morgan fingerprint density at radius 3 is 1.21 bits per heavy atom. The molecule has 0 spiro atoms. The zero-order chi connectivity index (χ0) is 40.3. The zero-order valence-electron chi connectivity index (χ0n) is 33.1. The van der Waals surface area contributed by atoms with E-state index in [2.05, 4.69) is 199 Å². The summed E-state index contributed by atoms with van der Waals surface area (Å²) in [5, 5.41) is 20.3. The van der Waals surface area contributed by atoms with Crippen LogP contribution in [-0.2, 0) is 0 Å². The maximum atomic E-state index is 5.39. The summed E-state index contributed by atoms with van der Waals surface area (Å²) in [6.07, 6.45) is 3.65. The minimum absolute atomic E-state index is 0.822. The quantitative estimate of drug-likeness (QED) is 0.158. The number of benzene rings is 10. The summed E-state index contributed by atoms with van der Waals surface area (Å²) < 4.78 is 0. The molecule has 2 aromatic heterocycles. The van der Waals surface area contributed by atoms with Crippen LogP contribution in [-0.4, -0.2) is 20.0 Å². The van der Waals surface area contributed by atoms with Crippen molar-refractivity contribution in [3.63, 3.8) is 0 Å². The van der Waals surface area contributed by atoms with Crippen LogP contribution in [0.15, 0.2) is 219 Å². The molecule has 0 N–H and O–H groups in total. The van der Waals surface area contributed by atoms with Gasteiger partial charge in [0, 0.05) is 18.0 Å². The van der Waals surface area contributed by atoms with Crippen molar-refractivity contribution in [2.45, 2.75) is 0 Å². The van der Waals surface area contributed by atoms with Crippen molar-refractivity contribution >= 4 is 54.1 Å². The Labute approximate surface area is 352 Å². The molecule has 0 amide bonds. The van der Waals surface area contributed by atoms with Crippen LogP contribution in [0.1, 0.15) is 0 Å². The second-order valence-corrected chi connectivity index (χ2v) is 15.6. The first kappa shape index (κ1) is 34.8. The standard InChI is InChI=1S/C57H36N4/c1-3-16-38(17-4-1)53-43-22-7-9-24-45(43)55(46-25-10-8-23-44(46)53)41-35-51(57-52(36-41)59-61(60-57)42-21-15-20-40(34-42)37-30-32-58-33-31-37)56-49-28-13-11-26-47(49)54(39-18-5-2-6-19-39)48-27-12-14-29-50(48)56/h1-36H. The number of pyridine rings is 1. The molecule has 2 heterocycles. The van der Waals surface area contributed by atoms with Gasteiger partial charge < -0.3 is 0 Å². The third kappa shape index (κ3) is 5.72. The van der Waals surface area contributed by atoms with Gasteiger partial charge in [0.05, 0.1) is 5.69 Å². The van der Waals surface area contributed by atoms with E-state index in [0.717, 1.165) is 44.5 Å². The van der Waals surface area contributed by atoms with Gasteiger partial charge in [0.15, 0.2) is 0 Å². The molecule has 0 aliphatic carbocycles. The number of rotatable bonds is 6. The van der Waals surface area contributed by atoms with Crippen LogP contribution >= 0.6 is 0 Å². The van der Waals surface area contributed by atoms with Gasteiger partial charge in [0.2, 0.25) is 0 Å². The van der Waals surface area contributed by atoms with Crippen LogP contribution in [0.4, 0.5) is 0 Å². The molecule has 4 heteroatoms. The van der Waals surface area contributed by atoms with E-state index in [9.17, 15) is 0 Å². The van der Waals surface area contributed by atoms with Crippen molar-refractivity contribution in [1.82, 2.24) is 20.0 Å². The molecule has 284 valence electrons. The highest BCUT2D eigenvalue weighted by molar-refractivity contribution is 6.25. The van der Waals surface area contributed by atoms with E-state index in [0.29, 0.717) is 0 Å². The van der Waals surface area contributed by atoms with Crippen LogP contribution < -0.4 is 0 Å². The molecular weight excluding hydrogens is 741 g/mol. The summed E-state index contributed by atoms with van der Waals surface area (Å²) in [4.78, 5) is 6.05. The highest BCUT2D eigenvalue weighted by atomic mass is 15.5. The third-order valence-corrected chi connectivity index (χ3v) is 12.1. The lowest BCUT2D eigenvalue weighted by Gasteiger charge is -2.20. The SMILES string of the molecule is c1ccc(-c2c3ccccc3c(-c3cc(-c4c5ccccc5c(-c5ccccc5)c5ccccc45)c4nn(-c5cccc(-c6ccncc6)c5)nc4c3)c3ccccc23)cc1. The second kappa shape index (κ2) is 14.3. The van der Waals surface area contributed by atoms with Crippen molar-refractivity contribution in [3.8, 4) is 61.3 Å². The Balaban J connectivity index is 1.20. The predicted octanol–water partition coefficient (Wildman–Crippen LogP) is 14.8. The van der Waals surface area contributed by atoms with E-state index in [1.807, 2.05) is 24.5 Å². The fraction of sp³-hybridized carbons (Fsp3) is 0. The smallest absolute Gasteiger partial charge is 0.121 e. The second-order valence-electron chi connectivity index (χ2n) is 15.6. The van der Waals surface area contributed by atoms with E-state index in [4.69, 9.17) is 10.2 Å². The summed E-state index contributed by atoms with van der Waals surface area (Å²) in [7, 11) is 0. The molecule has 0 saturated carbocycles. The molecule has 0 bridgehead atoms. The first-order valence-electron chi connectivity index (χ1n) is 20.7. The summed E-state index contributed by atoms with van der Waals surface area (Å²) in [5.41, 5.74) is 14.0. The molecule has 12 rings (SSSR count). The van der Waals surface area contributed by atoms with Gasteiger partial charge in [-0.2, -0.15) is 4.80 Å². The van der Waals surface area contributed by atoms with Crippen molar-refractivity contribution in [3.05, 3.63) is 219 Å². The molecule has 0 atom stereocenters. The summed E-state index contributed by atoms with van der Waals surface area (Å²) in [5.74, 6) is 0.